The average molecular weight is 496 g/mol. The lowest BCUT2D eigenvalue weighted by atomic mass is 10.2. The largest absolute Gasteiger partial charge is 0.489 e. The van der Waals surface area contributed by atoms with Crippen LogP contribution in [-0.4, -0.2) is 44.7 Å². The van der Waals surface area contributed by atoms with Crippen molar-refractivity contribution in [2.75, 3.05) is 22.4 Å². The highest BCUT2D eigenvalue weighted by Gasteiger charge is 2.27. The molecule has 1 N–H and O–H groups in total. The summed E-state index contributed by atoms with van der Waals surface area (Å²) in [7, 11) is -3.95. The molecule has 7 nitrogen and oxygen atoms in total. The van der Waals surface area contributed by atoms with Gasteiger partial charge in [-0.1, -0.05) is 48.0 Å². The summed E-state index contributed by atoms with van der Waals surface area (Å²) >= 11 is 1.84. The van der Waals surface area contributed by atoms with Crippen LogP contribution in [-0.2, 0) is 14.8 Å². The Bertz CT molecular complexity index is 1260. The lowest BCUT2D eigenvalue weighted by Gasteiger charge is -2.25. The van der Waals surface area contributed by atoms with Gasteiger partial charge in [-0.05, 0) is 48.9 Å². The van der Waals surface area contributed by atoms with E-state index in [9.17, 15) is 13.2 Å². The molecule has 1 aliphatic heterocycles. The fourth-order valence-electron chi connectivity index (χ4n) is 3.23. The summed E-state index contributed by atoms with van der Waals surface area (Å²) in [5.41, 5.74) is 4.57. The summed E-state index contributed by atoms with van der Waals surface area (Å²) < 4.78 is 33.5. The van der Waals surface area contributed by atoms with E-state index in [1.165, 1.54) is 18.3 Å². The summed E-state index contributed by atoms with van der Waals surface area (Å²) in [6.07, 6.45) is 1.73. The number of thioether (sulfide) groups is 1. The highest BCUT2D eigenvalue weighted by Crippen LogP contribution is 2.25. The maximum atomic E-state index is 13.3. The van der Waals surface area contributed by atoms with Crippen LogP contribution in [0, 0.1) is 6.92 Å². The SMILES string of the molecule is Cc1ccc(N(CC(=O)N/N=C\c2cccc(OC3CSC3)c2)S(=O)(=O)c2ccccc2)cc1. The van der Waals surface area contributed by atoms with Crippen LogP contribution in [0.4, 0.5) is 5.69 Å². The Hall–Kier alpha value is -3.30. The average Bonchev–Trinajstić information content (AvgIpc) is 2.81. The van der Waals surface area contributed by atoms with Crippen molar-refractivity contribution in [2.24, 2.45) is 5.10 Å². The number of carbonyl (C=O) groups is 1. The zero-order valence-corrected chi connectivity index (χ0v) is 20.3. The van der Waals surface area contributed by atoms with Crippen LogP contribution in [0.3, 0.4) is 0 Å². The van der Waals surface area contributed by atoms with Gasteiger partial charge in [-0.2, -0.15) is 16.9 Å². The molecule has 0 spiro atoms. The molecule has 0 radical (unpaired) electrons. The minimum atomic E-state index is -3.95. The third kappa shape index (κ3) is 5.98. The number of hydrazone groups is 1. The Morgan fingerprint density at radius 1 is 1.09 bits per heavy atom. The Morgan fingerprint density at radius 2 is 1.82 bits per heavy atom. The zero-order valence-electron chi connectivity index (χ0n) is 18.6. The first-order valence-electron chi connectivity index (χ1n) is 10.7. The molecule has 0 bridgehead atoms. The van der Waals surface area contributed by atoms with Gasteiger partial charge in [0.2, 0.25) is 0 Å². The summed E-state index contributed by atoms with van der Waals surface area (Å²) in [5.74, 6) is 2.16. The van der Waals surface area contributed by atoms with E-state index in [1.807, 2.05) is 43.0 Å². The van der Waals surface area contributed by atoms with E-state index in [1.54, 1.807) is 42.5 Å². The van der Waals surface area contributed by atoms with E-state index in [0.29, 0.717) is 5.69 Å². The standard InChI is InChI=1S/C25H25N3O4S2/c1-19-10-12-21(13-11-19)28(34(30,31)24-8-3-2-4-9-24)16-25(29)27-26-15-20-6-5-7-22(14-20)32-23-17-33-18-23/h2-15,23H,16-18H2,1H3,(H,27,29)/b26-15-. The second kappa shape index (κ2) is 10.8. The van der Waals surface area contributed by atoms with Crippen molar-refractivity contribution in [3.63, 3.8) is 0 Å². The number of nitrogens with one attached hydrogen (secondary N) is 1. The van der Waals surface area contributed by atoms with E-state index in [2.05, 4.69) is 10.5 Å². The van der Waals surface area contributed by atoms with Crippen LogP contribution in [0.1, 0.15) is 11.1 Å². The van der Waals surface area contributed by atoms with Crippen molar-refractivity contribution >= 4 is 39.6 Å². The summed E-state index contributed by atoms with van der Waals surface area (Å²) in [4.78, 5) is 12.8. The number of hydrogen-bond acceptors (Lipinski definition) is 6. The predicted octanol–water partition coefficient (Wildman–Crippen LogP) is 3.83. The minimum absolute atomic E-state index is 0.105. The number of hydrogen-bond donors (Lipinski definition) is 1. The number of benzene rings is 3. The van der Waals surface area contributed by atoms with E-state index in [0.717, 1.165) is 32.7 Å². The molecule has 0 atom stereocenters. The monoisotopic (exact) mass is 495 g/mol. The molecule has 1 amide bonds. The van der Waals surface area contributed by atoms with E-state index in [4.69, 9.17) is 4.74 Å². The van der Waals surface area contributed by atoms with Gasteiger partial charge in [0, 0.05) is 11.5 Å². The molecule has 4 rings (SSSR count). The third-order valence-electron chi connectivity index (χ3n) is 5.11. The molecular formula is C25H25N3O4S2. The topological polar surface area (TPSA) is 88.1 Å². The molecule has 9 heteroatoms. The highest BCUT2D eigenvalue weighted by atomic mass is 32.2. The lowest BCUT2D eigenvalue weighted by Crippen LogP contribution is -2.39. The number of rotatable bonds is 9. The molecule has 0 unspecified atom stereocenters. The Kier molecular flexibility index (Phi) is 7.54. The maximum Gasteiger partial charge on any atom is 0.264 e. The molecule has 1 heterocycles. The first-order valence-corrected chi connectivity index (χ1v) is 13.3. The van der Waals surface area contributed by atoms with E-state index >= 15 is 0 Å². The van der Waals surface area contributed by atoms with Crippen molar-refractivity contribution in [3.05, 3.63) is 90.0 Å². The number of aryl methyl sites for hydroxylation is 1. The lowest BCUT2D eigenvalue weighted by molar-refractivity contribution is -0.119. The smallest absolute Gasteiger partial charge is 0.264 e. The fourth-order valence-corrected chi connectivity index (χ4v) is 5.24. The zero-order chi connectivity index (χ0) is 24.0. The first kappa shape index (κ1) is 23.8. The van der Waals surface area contributed by atoms with Crippen molar-refractivity contribution in [3.8, 4) is 5.75 Å². The van der Waals surface area contributed by atoms with E-state index < -0.39 is 22.5 Å². The fraction of sp³-hybridized carbons (Fsp3) is 0.200. The van der Waals surface area contributed by atoms with Crippen LogP contribution in [0.25, 0.3) is 0 Å². The Balaban J connectivity index is 1.46. The third-order valence-corrected chi connectivity index (χ3v) is 8.11. The van der Waals surface area contributed by atoms with Crippen LogP contribution in [0.5, 0.6) is 5.75 Å². The molecule has 1 fully saturated rings. The number of carbonyl (C=O) groups excluding carboxylic acids is 1. The number of amides is 1. The van der Waals surface area contributed by atoms with Crippen LogP contribution < -0.4 is 14.5 Å². The van der Waals surface area contributed by atoms with Crippen molar-refractivity contribution in [2.45, 2.75) is 17.9 Å². The minimum Gasteiger partial charge on any atom is -0.489 e. The van der Waals surface area contributed by atoms with Gasteiger partial charge in [0.25, 0.3) is 15.9 Å². The van der Waals surface area contributed by atoms with Crippen LogP contribution >= 0.6 is 11.8 Å². The molecule has 0 aliphatic carbocycles. The Labute approximate surface area is 203 Å². The summed E-state index contributed by atoms with van der Waals surface area (Å²) in [6.45, 7) is 1.49. The van der Waals surface area contributed by atoms with Crippen LogP contribution in [0.2, 0.25) is 0 Å². The molecule has 1 saturated heterocycles. The number of nitrogens with zero attached hydrogens (tertiary/aromatic N) is 2. The van der Waals surface area contributed by atoms with Gasteiger partial charge < -0.3 is 4.74 Å². The number of anilines is 1. The number of ether oxygens (including phenoxy) is 1. The summed E-state index contributed by atoms with van der Waals surface area (Å²) in [5, 5.41) is 4.01. The van der Waals surface area contributed by atoms with Gasteiger partial charge in [0.1, 0.15) is 18.4 Å². The quantitative estimate of drug-likeness (QED) is 0.360. The maximum absolute atomic E-state index is 13.3. The molecule has 0 aromatic heterocycles. The molecule has 176 valence electrons. The van der Waals surface area contributed by atoms with Crippen molar-refractivity contribution in [1.29, 1.82) is 0 Å². The van der Waals surface area contributed by atoms with Crippen LogP contribution in [0.15, 0.2) is 88.9 Å². The van der Waals surface area contributed by atoms with Gasteiger partial charge >= 0.3 is 0 Å². The predicted molar refractivity (Wildman–Crippen MR) is 136 cm³/mol. The van der Waals surface area contributed by atoms with Gasteiger partial charge in [-0.25, -0.2) is 13.8 Å². The molecule has 3 aromatic carbocycles. The first-order chi connectivity index (χ1) is 16.4. The summed E-state index contributed by atoms with van der Waals surface area (Å²) in [6, 6.07) is 22.4. The van der Waals surface area contributed by atoms with Gasteiger partial charge in [0.05, 0.1) is 16.8 Å². The van der Waals surface area contributed by atoms with Gasteiger partial charge in [-0.3, -0.25) is 9.10 Å². The second-order valence-corrected chi connectivity index (χ2v) is 10.7. The number of sulfonamides is 1. The second-order valence-electron chi connectivity index (χ2n) is 7.80. The molecule has 1 aliphatic rings. The van der Waals surface area contributed by atoms with E-state index in [-0.39, 0.29) is 11.0 Å². The highest BCUT2D eigenvalue weighted by molar-refractivity contribution is 8.00. The molecule has 34 heavy (non-hydrogen) atoms. The Morgan fingerprint density at radius 3 is 2.50 bits per heavy atom. The van der Waals surface area contributed by atoms with Gasteiger partial charge in [-0.15, -0.1) is 0 Å². The molecular weight excluding hydrogens is 470 g/mol. The van der Waals surface area contributed by atoms with Crippen molar-refractivity contribution < 1.29 is 17.9 Å². The van der Waals surface area contributed by atoms with Gasteiger partial charge in [0.15, 0.2) is 0 Å². The van der Waals surface area contributed by atoms with Crippen molar-refractivity contribution in [1.82, 2.24) is 5.43 Å². The molecule has 0 saturated carbocycles. The molecule has 3 aromatic rings. The normalized spacial score (nSPS) is 13.9.